The Bertz CT molecular complexity index is 540. The van der Waals surface area contributed by atoms with Gasteiger partial charge in [-0.3, -0.25) is 0 Å². The molecule has 28 heavy (non-hydrogen) atoms. The smallest absolute Gasteiger partial charge is 0.0375 e. The number of hydrogen-bond donors (Lipinski definition) is 0. The highest BCUT2D eigenvalue weighted by Gasteiger charge is 2.62. The molecule has 0 N–H and O–H groups in total. The van der Waals surface area contributed by atoms with Crippen LogP contribution in [-0.4, -0.2) is 5.38 Å². The SMILES string of the molecule is CC(C)CCC[C@@H](C)[C@H]1C(Cl)C[C@H]2[C@@H]3CCC4CCCC[C@]4(C)[C@H]3CC[C@]12C. The Morgan fingerprint density at radius 3 is 2.39 bits per heavy atom. The minimum Gasteiger partial charge on any atom is -0.123 e. The van der Waals surface area contributed by atoms with Crippen LogP contribution < -0.4 is 0 Å². The molecule has 4 rings (SSSR count). The molecule has 2 unspecified atom stereocenters. The summed E-state index contributed by atoms with van der Waals surface area (Å²) in [6.45, 7) is 12.7. The minimum atomic E-state index is 0.430. The first-order chi connectivity index (χ1) is 13.3. The van der Waals surface area contributed by atoms with Gasteiger partial charge >= 0.3 is 0 Å². The maximum Gasteiger partial charge on any atom is 0.0375 e. The molecule has 0 saturated heterocycles. The lowest BCUT2D eigenvalue weighted by Gasteiger charge is -2.60. The maximum absolute atomic E-state index is 7.18. The Balaban J connectivity index is 1.51. The van der Waals surface area contributed by atoms with Gasteiger partial charge in [-0.15, -0.1) is 11.6 Å². The van der Waals surface area contributed by atoms with Crippen molar-refractivity contribution in [1.82, 2.24) is 0 Å². The van der Waals surface area contributed by atoms with Gasteiger partial charge in [0, 0.05) is 5.38 Å². The molecule has 9 atom stereocenters. The van der Waals surface area contributed by atoms with Gasteiger partial charge in [0.1, 0.15) is 0 Å². The number of halogens is 1. The molecule has 1 heteroatoms. The summed E-state index contributed by atoms with van der Waals surface area (Å²) in [5.41, 5.74) is 1.17. The third-order valence-corrected chi connectivity index (χ3v) is 11.2. The molecule has 0 aromatic carbocycles. The van der Waals surface area contributed by atoms with Gasteiger partial charge in [-0.1, -0.05) is 66.7 Å². The lowest BCUT2D eigenvalue weighted by atomic mass is 9.44. The van der Waals surface area contributed by atoms with Gasteiger partial charge in [-0.2, -0.15) is 0 Å². The predicted octanol–water partition coefficient (Wildman–Crippen LogP) is 8.72. The highest BCUT2D eigenvalue weighted by Crippen LogP contribution is 2.69. The van der Waals surface area contributed by atoms with Crippen molar-refractivity contribution in [2.24, 2.45) is 52.3 Å². The Kier molecular flexibility index (Phi) is 6.22. The maximum atomic E-state index is 7.18. The van der Waals surface area contributed by atoms with Gasteiger partial charge in [0.25, 0.3) is 0 Å². The van der Waals surface area contributed by atoms with Crippen LogP contribution in [0.4, 0.5) is 0 Å². The van der Waals surface area contributed by atoms with Crippen molar-refractivity contribution >= 4 is 11.6 Å². The average Bonchev–Trinajstić information content (AvgIpc) is 2.91. The van der Waals surface area contributed by atoms with Crippen molar-refractivity contribution in [3.05, 3.63) is 0 Å². The third-order valence-electron chi connectivity index (χ3n) is 10.7. The van der Waals surface area contributed by atoms with Gasteiger partial charge < -0.3 is 0 Å². The molecular formula is C27H47Cl. The second kappa shape index (κ2) is 8.09. The molecule has 0 aliphatic heterocycles. The molecule has 0 nitrogen and oxygen atoms in total. The van der Waals surface area contributed by atoms with Gasteiger partial charge in [0.2, 0.25) is 0 Å². The number of fused-ring (bicyclic) bond motifs is 5. The zero-order valence-electron chi connectivity index (χ0n) is 19.5. The molecule has 4 aliphatic rings. The topological polar surface area (TPSA) is 0 Å². The second-order valence-electron chi connectivity index (χ2n) is 12.5. The van der Waals surface area contributed by atoms with Gasteiger partial charge in [0.15, 0.2) is 0 Å². The highest BCUT2D eigenvalue weighted by molar-refractivity contribution is 6.21. The molecule has 4 saturated carbocycles. The molecule has 0 radical (unpaired) electrons. The van der Waals surface area contributed by atoms with Gasteiger partial charge in [-0.05, 0) is 97.2 Å². The molecule has 0 bridgehead atoms. The van der Waals surface area contributed by atoms with Crippen molar-refractivity contribution in [1.29, 1.82) is 0 Å². The van der Waals surface area contributed by atoms with Crippen LogP contribution in [0.25, 0.3) is 0 Å². The van der Waals surface area contributed by atoms with Crippen LogP contribution in [0.5, 0.6) is 0 Å². The molecular weight excluding hydrogens is 360 g/mol. The van der Waals surface area contributed by atoms with E-state index < -0.39 is 0 Å². The largest absolute Gasteiger partial charge is 0.123 e. The number of rotatable bonds is 5. The van der Waals surface area contributed by atoms with Crippen molar-refractivity contribution in [2.75, 3.05) is 0 Å². The summed E-state index contributed by atoms with van der Waals surface area (Å²) in [4.78, 5) is 0. The van der Waals surface area contributed by atoms with Crippen molar-refractivity contribution in [3.8, 4) is 0 Å². The van der Waals surface area contributed by atoms with E-state index in [9.17, 15) is 0 Å². The third kappa shape index (κ3) is 3.50. The monoisotopic (exact) mass is 406 g/mol. The van der Waals surface area contributed by atoms with Crippen LogP contribution in [0.3, 0.4) is 0 Å². The first-order valence-corrected chi connectivity index (χ1v) is 13.3. The number of alkyl halides is 1. The fraction of sp³-hybridized carbons (Fsp3) is 1.00. The van der Waals surface area contributed by atoms with E-state index in [1.54, 1.807) is 0 Å². The standard InChI is InChI=1S/C27H47Cl/c1-18(2)9-8-10-19(3)25-24(28)17-23-21-13-12-20-11-6-7-15-26(20,4)22(21)14-16-27(23,25)5/h18-25H,6-17H2,1-5H3/t19-,20?,21-,22+,23+,24?,25+,26+,27+/m1/s1. The molecule has 4 aliphatic carbocycles. The zero-order valence-corrected chi connectivity index (χ0v) is 20.2. The molecule has 0 heterocycles. The summed E-state index contributed by atoms with van der Waals surface area (Å²) < 4.78 is 0. The number of hydrogen-bond acceptors (Lipinski definition) is 0. The Labute approximate surface area is 181 Å². The predicted molar refractivity (Wildman–Crippen MR) is 123 cm³/mol. The van der Waals surface area contributed by atoms with Crippen LogP contribution in [0.15, 0.2) is 0 Å². The summed E-state index contributed by atoms with van der Waals surface area (Å²) in [7, 11) is 0. The van der Waals surface area contributed by atoms with E-state index in [-0.39, 0.29) is 0 Å². The van der Waals surface area contributed by atoms with Crippen molar-refractivity contribution < 1.29 is 0 Å². The fourth-order valence-corrected chi connectivity index (χ4v) is 10.1. The van der Waals surface area contributed by atoms with Gasteiger partial charge in [0.05, 0.1) is 0 Å². The summed E-state index contributed by atoms with van der Waals surface area (Å²) >= 11 is 7.18. The second-order valence-corrected chi connectivity index (χ2v) is 13.1. The van der Waals surface area contributed by atoms with E-state index in [0.717, 1.165) is 41.4 Å². The molecule has 162 valence electrons. The van der Waals surface area contributed by atoms with Gasteiger partial charge in [-0.25, -0.2) is 0 Å². The summed E-state index contributed by atoms with van der Waals surface area (Å²) in [5.74, 6) is 6.32. The van der Waals surface area contributed by atoms with Crippen LogP contribution in [0, 0.1) is 52.3 Å². The van der Waals surface area contributed by atoms with E-state index in [1.165, 1.54) is 77.0 Å². The Morgan fingerprint density at radius 2 is 1.64 bits per heavy atom. The minimum absolute atomic E-state index is 0.430. The molecule has 0 spiro atoms. The summed E-state index contributed by atoms with van der Waals surface area (Å²) in [6.07, 6.45) is 17.5. The van der Waals surface area contributed by atoms with Crippen LogP contribution in [0.1, 0.15) is 112 Å². The highest BCUT2D eigenvalue weighted by atomic mass is 35.5. The lowest BCUT2D eigenvalue weighted by molar-refractivity contribution is -0.114. The van der Waals surface area contributed by atoms with E-state index in [1.807, 2.05) is 0 Å². The quantitative estimate of drug-likeness (QED) is 0.400. The van der Waals surface area contributed by atoms with Crippen LogP contribution >= 0.6 is 11.6 Å². The van der Waals surface area contributed by atoms with Crippen LogP contribution in [-0.2, 0) is 0 Å². The van der Waals surface area contributed by atoms with E-state index in [2.05, 4.69) is 34.6 Å². The zero-order chi connectivity index (χ0) is 20.1. The first kappa shape index (κ1) is 21.5. The Hall–Kier alpha value is 0.290. The van der Waals surface area contributed by atoms with Crippen LogP contribution in [0.2, 0.25) is 0 Å². The first-order valence-electron chi connectivity index (χ1n) is 12.9. The molecule has 0 amide bonds. The van der Waals surface area contributed by atoms with E-state index >= 15 is 0 Å². The van der Waals surface area contributed by atoms with E-state index in [0.29, 0.717) is 16.2 Å². The lowest BCUT2D eigenvalue weighted by Crippen LogP contribution is -2.53. The average molecular weight is 407 g/mol. The molecule has 4 fully saturated rings. The molecule has 0 aromatic heterocycles. The summed E-state index contributed by atoms with van der Waals surface area (Å²) in [5, 5.41) is 0.430. The fourth-order valence-electron chi connectivity index (χ4n) is 9.34. The normalized spacial score (nSPS) is 49.4. The Morgan fingerprint density at radius 1 is 0.857 bits per heavy atom. The van der Waals surface area contributed by atoms with Crippen molar-refractivity contribution in [2.45, 2.75) is 117 Å². The van der Waals surface area contributed by atoms with E-state index in [4.69, 9.17) is 11.6 Å². The van der Waals surface area contributed by atoms with Crippen molar-refractivity contribution in [3.63, 3.8) is 0 Å². The molecule has 0 aromatic rings. The summed E-state index contributed by atoms with van der Waals surface area (Å²) in [6, 6.07) is 0.